The van der Waals surface area contributed by atoms with Gasteiger partial charge < -0.3 is 30.2 Å². The molecule has 2 aromatic rings. The zero-order valence-electron chi connectivity index (χ0n) is 13.6. The minimum atomic E-state index is -1.00. The van der Waals surface area contributed by atoms with E-state index in [0.717, 1.165) is 19.3 Å². The Bertz CT molecular complexity index is 734. The lowest BCUT2D eigenvalue weighted by Gasteiger charge is -2.29. The highest BCUT2D eigenvalue weighted by Gasteiger charge is 2.47. The van der Waals surface area contributed by atoms with E-state index >= 15 is 0 Å². The van der Waals surface area contributed by atoms with E-state index in [-0.39, 0.29) is 12.4 Å². The molecule has 0 spiro atoms. The molecule has 25 heavy (non-hydrogen) atoms. The van der Waals surface area contributed by atoms with Gasteiger partial charge in [-0.05, 0) is 19.3 Å². The summed E-state index contributed by atoms with van der Waals surface area (Å²) in [5.74, 6) is 0.258. The van der Waals surface area contributed by atoms with Crippen LogP contribution in [0.25, 0.3) is 11.2 Å². The van der Waals surface area contributed by atoms with Crippen molar-refractivity contribution in [2.45, 2.75) is 50.1 Å². The molecule has 136 valence electrons. The van der Waals surface area contributed by atoms with E-state index in [1.54, 1.807) is 4.57 Å². The zero-order valence-corrected chi connectivity index (χ0v) is 13.6. The lowest BCUT2D eigenvalue weighted by Crippen LogP contribution is -2.39. The van der Waals surface area contributed by atoms with Crippen LogP contribution in [0, 0.1) is 0 Å². The van der Waals surface area contributed by atoms with E-state index in [0.29, 0.717) is 17.8 Å². The maximum Gasteiger partial charge on any atom is 0.167 e. The summed E-state index contributed by atoms with van der Waals surface area (Å²) in [6, 6.07) is 0. The van der Waals surface area contributed by atoms with Crippen LogP contribution in [-0.2, 0) is 14.2 Å². The molecule has 2 aliphatic heterocycles. The second-order valence-corrected chi connectivity index (χ2v) is 6.22. The van der Waals surface area contributed by atoms with Gasteiger partial charge in [0, 0.05) is 6.61 Å². The van der Waals surface area contributed by atoms with Crippen LogP contribution in [0.4, 0.5) is 5.82 Å². The molecule has 2 fully saturated rings. The van der Waals surface area contributed by atoms with Crippen LogP contribution in [0.15, 0.2) is 12.7 Å². The second kappa shape index (κ2) is 6.81. The van der Waals surface area contributed by atoms with Gasteiger partial charge in [0.15, 0.2) is 24.0 Å². The quantitative estimate of drug-likeness (QED) is 0.670. The van der Waals surface area contributed by atoms with Crippen molar-refractivity contribution in [1.29, 1.82) is 0 Å². The highest BCUT2D eigenvalue weighted by Crippen LogP contribution is 2.35. The molecule has 0 bridgehead atoms. The first-order valence-corrected chi connectivity index (χ1v) is 8.33. The molecule has 0 saturated carbocycles. The first kappa shape index (κ1) is 16.6. The topological polar surface area (TPSA) is 138 Å². The predicted octanol–water partition coefficient (Wildman–Crippen LogP) is -0.429. The third kappa shape index (κ3) is 2.96. The van der Waals surface area contributed by atoms with E-state index in [2.05, 4.69) is 15.0 Å². The zero-order chi connectivity index (χ0) is 17.4. The van der Waals surface area contributed by atoms with Crippen molar-refractivity contribution < 1.29 is 24.4 Å². The fraction of sp³-hybridized carbons (Fsp3) is 0.667. The van der Waals surface area contributed by atoms with Gasteiger partial charge in [-0.25, -0.2) is 15.0 Å². The Balaban J connectivity index is 1.65. The number of nitrogens with zero attached hydrogens (tertiary/aromatic N) is 4. The van der Waals surface area contributed by atoms with Crippen LogP contribution in [0.5, 0.6) is 0 Å². The number of rotatable bonds is 4. The Labute approximate surface area is 143 Å². The molecule has 5 atom stereocenters. The Morgan fingerprint density at radius 2 is 2.20 bits per heavy atom. The standard InChI is InChI=1S/C15H21N5O5/c16-13-10-14(18-6-17-13)20(7-19-10)15-12(11(22)8(5-21)24-15)25-9-3-1-2-4-23-9/h6-9,11-12,15,21-22H,1-5H2,(H2,16,17,18)/t8-,9?,11-,12-,15-/m1/s1. The molecular formula is C15H21N5O5. The maximum absolute atomic E-state index is 10.5. The number of aliphatic hydroxyl groups is 2. The van der Waals surface area contributed by atoms with Crippen molar-refractivity contribution >= 4 is 17.0 Å². The van der Waals surface area contributed by atoms with Crippen LogP contribution in [-0.4, -0.2) is 67.5 Å². The van der Waals surface area contributed by atoms with Crippen LogP contribution >= 0.6 is 0 Å². The van der Waals surface area contributed by atoms with Crippen molar-refractivity contribution in [3.8, 4) is 0 Å². The number of fused-ring (bicyclic) bond motifs is 1. The predicted molar refractivity (Wildman–Crippen MR) is 85.2 cm³/mol. The summed E-state index contributed by atoms with van der Waals surface area (Å²) >= 11 is 0. The van der Waals surface area contributed by atoms with Crippen molar-refractivity contribution in [3.05, 3.63) is 12.7 Å². The van der Waals surface area contributed by atoms with Crippen molar-refractivity contribution in [3.63, 3.8) is 0 Å². The fourth-order valence-electron chi connectivity index (χ4n) is 3.29. The summed E-state index contributed by atoms with van der Waals surface area (Å²) in [6.45, 7) is 0.299. The fourth-order valence-corrected chi connectivity index (χ4v) is 3.29. The van der Waals surface area contributed by atoms with Crippen LogP contribution < -0.4 is 5.73 Å². The van der Waals surface area contributed by atoms with Gasteiger partial charge in [-0.2, -0.15) is 0 Å². The van der Waals surface area contributed by atoms with Gasteiger partial charge in [0.25, 0.3) is 0 Å². The van der Waals surface area contributed by atoms with Crippen molar-refractivity contribution in [1.82, 2.24) is 19.5 Å². The molecule has 0 aromatic carbocycles. The van der Waals surface area contributed by atoms with E-state index in [9.17, 15) is 10.2 Å². The van der Waals surface area contributed by atoms with Crippen molar-refractivity contribution in [2.75, 3.05) is 18.9 Å². The molecule has 4 heterocycles. The summed E-state index contributed by atoms with van der Waals surface area (Å²) in [4.78, 5) is 12.3. The minimum Gasteiger partial charge on any atom is -0.394 e. The highest BCUT2D eigenvalue weighted by molar-refractivity contribution is 5.81. The number of aliphatic hydroxyl groups excluding tert-OH is 2. The molecule has 4 rings (SSSR count). The Kier molecular flexibility index (Phi) is 4.52. The minimum absolute atomic E-state index is 0.258. The van der Waals surface area contributed by atoms with Gasteiger partial charge in [0.2, 0.25) is 0 Å². The van der Waals surface area contributed by atoms with Gasteiger partial charge >= 0.3 is 0 Å². The second-order valence-electron chi connectivity index (χ2n) is 6.22. The molecule has 4 N–H and O–H groups in total. The normalized spacial score (nSPS) is 33.1. The number of nitrogen functional groups attached to an aromatic ring is 1. The lowest BCUT2D eigenvalue weighted by atomic mass is 10.1. The average molecular weight is 351 g/mol. The average Bonchev–Trinajstić information content (AvgIpc) is 3.19. The first-order valence-electron chi connectivity index (χ1n) is 8.33. The summed E-state index contributed by atoms with van der Waals surface area (Å²) in [5.41, 5.74) is 6.74. The molecule has 0 aliphatic carbocycles. The maximum atomic E-state index is 10.5. The van der Waals surface area contributed by atoms with E-state index in [1.807, 2.05) is 0 Å². The molecule has 2 aromatic heterocycles. The molecular weight excluding hydrogens is 330 g/mol. The van der Waals surface area contributed by atoms with E-state index in [1.165, 1.54) is 12.7 Å². The van der Waals surface area contributed by atoms with E-state index < -0.39 is 30.8 Å². The molecule has 1 unspecified atom stereocenters. The van der Waals surface area contributed by atoms with Gasteiger partial charge in [0.05, 0.1) is 12.9 Å². The molecule has 2 saturated heterocycles. The lowest BCUT2D eigenvalue weighted by molar-refractivity contribution is -0.215. The number of aromatic nitrogens is 4. The van der Waals surface area contributed by atoms with Gasteiger partial charge in [-0.3, -0.25) is 4.57 Å². The highest BCUT2D eigenvalue weighted by atomic mass is 16.7. The van der Waals surface area contributed by atoms with Crippen LogP contribution in [0.3, 0.4) is 0 Å². The van der Waals surface area contributed by atoms with E-state index in [4.69, 9.17) is 19.9 Å². The largest absolute Gasteiger partial charge is 0.394 e. The smallest absolute Gasteiger partial charge is 0.167 e. The number of hydrogen-bond donors (Lipinski definition) is 3. The van der Waals surface area contributed by atoms with Crippen molar-refractivity contribution in [2.24, 2.45) is 0 Å². The summed E-state index contributed by atoms with van der Waals surface area (Å²) in [7, 11) is 0. The SMILES string of the molecule is Nc1ncnc2c1ncn2[C@@H]1O[C@H](CO)[C@@H](O)[C@H]1OC1CCCCO1. The third-order valence-corrected chi connectivity index (χ3v) is 4.60. The Hall–Kier alpha value is -1.85. The number of anilines is 1. The van der Waals surface area contributed by atoms with Crippen LogP contribution in [0.1, 0.15) is 25.5 Å². The molecule has 10 nitrogen and oxygen atoms in total. The molecule has 2 aliphatic rings. The van der Waals surface area contributed by atoms with Gasteiger partial charge in [-0.15, -0.1) is 0 Å². The number of ether oxygens (including phenoxy) is 3. The number of nitrogens with two attached hydrogens (primary N) is 1. The molecule has 0 radical (unpaired) electrons. The monoisotopic (exact) mass is 351 g/mol. The molecule has 0 amide bonds. The summed E-state index contributed by atoms with van der Waals surface area (Å²) in [5, 5.41) is 20.0. The summed E-state index contributed by atoms with van der Waals surface area (Å²) < 4.78 is 19.0. The van der Waals surface area contributed by atoms with Gasteiger partial charge in [-0.1, -0.05) is 0 Å². The Morgan fingerprint density at radius 1 is 1.32 bits per heavy atom. The first-order chi connectivity index (χ1) is 12.2. The van der Waals surface area contributed by atoms with Gasteiger partial charge in [0.1, 0.15) is 30.2 Å². The molecule has 10 heteroatoms. The Morgan fingerprint density at radius 3 is 2.96 bits per heavy atom. The summed E-state index contributed by atoms with van der Waals surface area (Å²) in [6.07, 6.45) is 1.98. The van der Waals surface area contributed by atoms with Crippen LogP contribution in [0.2, 0.25) is 0 Å². The third-order valence-electron chi connectivity index (χ3n) is 4.60. The number of imidazole rings is 1. The number of hydrogen-bond acceptors (Lipinski definition) is 9.